The molecule has 0 saturated carbocycles. The van der Waals surface area contributed by atoms with Gasteiger partial charge in [0.25, 0.3) is 0 Å². The lowest BCUT2D eigenvalue weighted by molar-refractivity contribution is 0.669. The predicted octanol–water partition coefficient (Wildman–Crippen LogP) is 14.8. The van der Waals surface area contributed by atoms with Gasteiger partial charge in [-0.05, 0) is 106 Å². The molecule has 3 aromatic heterocycles. The second-order valence-electron chi connectivity index (χ2n) is 14.9. The fourth-order valence-corrected chi connectivity index (χ4v) is 9.11. The van der Waals surface area contributed by atoms with Crippen molar-refractivity contribution in [2.24, 2.45) is 0 Å². The molecular formula is C54H34N2O. The third-order valence-corrected chi connectivity index (χ3v) is 11.7. The molecule has 0 amide bonds. The first-order valence-corrected chi connectivity index (χ1v) is 19.5. The molecule has 0 aliphatic heterocycles. The molecule has 0 bridgehead atoms. The van der Waals surface area contributed by atoms with E-state index in [1.807, 2.05) is 12.1 Å². The fraction of sp³-hybridized carbons (Fsp3) is 0. The zero-order valence-corrected chi connectivity index (χ0v) is 30.9. The summed E-state index contributed by atoms with van der Waals surface area (Å²) in [6, 6.07) is 74.5. The van der Waals surface area contributed by atoms with Gasteiger partial charge < -0.3 is 13.6 Å². The van der Waals surface area contributed by atoms with Crippen molar-refractivity contribution in [3.63, 3.8) is 0 Å². The lowest BCUT2D eigenvalue weighted by atomic mass is 9.94. The van der Waals surface area contributed by atoms with Crippen LogP contribution in [0.2, 0.25) is 0 Å². The number of hydrogen-bond donors (Lipinski definition) is 0. The van der Waals surface area contributed by atoms with Gasteiger partial charge in [0.1, 0.15) is 11.2 Å². The van der Waals surface area contributed by atoms with Gasteiger partial charge in [0.05, 0.1) is 22.1 Å². The van der Waals surface area contributed by atoms with Crippen molar-refractivity contribution in [2.45, 2.75) is 0 Å². The number of rotatable bonds is 5. The molecule has 57 heavy (non-hydrogen) atoms. The maximum atomic E-state index is 6.18. The molecule has 0 aliphatic rings. The van der Waals surface area contributed by atoms with E-state index in [9.17, 15) is 0 Å². The Kier molecular flexibility index (Phi) is 6.93. The van der Waals surface area contributed by atoms with Crippen molar-refractivity contribution >= 4 is 65.6 Å². The van der Waals surface area contributed by atoms with Crippen LogP contribution in [0.4, 0.5) is 0 Å². The number of fused-ring (bicyclic) bond motifs is 9. The van der Waals surface area contributed by atoms with Crippen LogP contribution in [-0.4, -0.2) is 9.13 Å². The van der Waals surface area contributed by atoms with Gasteiger partial charge in [0.15, 0.2) is 0 Å². The maximum absolute atomic E-state index is 6.18. The van der Waals surface area contributed by atoms with Crippen LogP contribution in [-0.2, 0) is 0 Å². The molecule has 12 rings (SSSR count). The Bertz CT molecular complexity index is 3510. The van der Waals surface area contributed by atoms with E-state index >= 15 is 0 Å². The van der Waals surface area contributed by atoms with Gasteiger partial charge in [-0.2, -0.15) is 0 Å². The zero-order chi connectivity index (χ0) is 37.5. The second kappa shape index (κ2) is 12.5. The molecule has 0 fully saturated rings. The molecule has 3 heterocycles. The van der Waals surface area contributed by atoms with Gasteiger partial charge in [0, 0.05) is 43.7 Å². The average Bonchev–Trinajstić information content (AvgIpc) is 3.94. The van der Waals surface area contributed by atoms with Crippen molar-refractivity contribution < 1.29 is 4.42 Å². The van der Waals surface area contributed by atoms with Crippen LogP contribution in [0.3, 0.4) is 0 Å². The van der Waals surface area contributed by atoms with E-state index in [0.717, 1.165) is 33.3 Å². The molecule has 3 heteroatoms. The van der Waals surface area contributed by atoms with Crippen molar-refractivity contribution in [3.8, 4) is 44.8 Å². The lowest BCUT2D eigenvalue weighted by Crippen LogP contribution is -1.94. The summed E-state index contributed by atoms with van der Waals surface area (Å²) in [4.78, 5) is 0. The summed E-state index contributed by atoms with van der Waals surface area (Å²) >= 11 is 0. The Balaban J connectivity index is 0.967. The summed E-state index contributed by atoms with van der Waals surface area (Å²) < 4.78 is 11.0. The molecule has 0 unspecified atom stereocenters. The van der Waals surface area contributed by atoms with Crippen LogP contribution < -0.4 is 0 Å². The quantitative estimate of drug-likeness (QED) is 0.173. The smallest absolute Gasteiger partial charge is 0.135 e. The second-order valence-corrected chi connectivity index (χ2v) is 14.9. The fourth-order valence-electron chi connectivity index (χ4n) is 9.11. The molecule has 9 aromatic carbocycles. The van der Waals surface area contributed by atoms with E-state index in [-0.39, 0.29) is 0 Å². The van der Waals surface area contributed by atoms with Crippen molar-refractivity contribution in [3.05, 3.63) is 206 Å². The summed E-state index contributed by atoms with van der Waals surface area (Å²) in [5.41, 5.74) is 16.1. The normalized spacial score (nSPS) is 11.9. The Labute approximate surface area is 328 Å². The first-order chi connectivity index (χ1) is 28.3. The van der Waals surface area contributed by atoms with E-state index in [1.54, 1.807) is 0 Å². The first kappa shape index (κ1) is 31.7. The Morgan fingerprint density at radius 2 is 0.719 bits per heavy atom. The molecule has 0 aliphatic carbocycles. The number of benzene rings is 9. The van der Waals surface area contributed by atoms with E-state index in [1.165, 1.54) is 77.0 Å². The van der Waals surface area contributed by atoms with Crippen LogP contribution in [0.15, 0.2) is 211 Å². The van der Waals surface area contributed by atoms with Crippen LogP contribution in [0.1, 0.15) is 0 Å². The third-order valence-electron chi connectivity index (χ3n) is 11.7. The first-order valence-electron chi connectivity index (χ1n) is 19.5. The molecule has 0 N–H and O–H groups in total. The molecule has 0 atom stereocenters. The highest BCUT2D eigenvalue weighted by Gasteiger charge is 2.17. The molecule has 0 radical (unpaired) electrons. The molecule has 3 nitrogen and oxygen atoms in total. The Hall–Kier alpha value is -7.62. The summed E-state index contributed by atoms with van der Waals surface area (Å²) in [5, 5.41) is 7.21. The number of hydrogen-bond acceptors (Lipinski definition) is 1. The summed E-state index contributed by atoms with van der Waals surface area (Å²) in [5.74, 6) is 0. The van der Waals surface area contributed by atoms with Crippen LogP contribution in [0, 0.1) is 0 Å². The minimum absolute atomic E-state index is 0.904. The highest BCUT2D eigenvalue weighted by Crippen LogP contribution is 2.40. The predicted molar refractivity (Wildman–Crippen MR) is 239 cm³/mol. The van der Waals surface area contributed by atoms with Crippen LogP contribution >= 0.6 is 0 Å². The molecular weight excluding hydrogens is 693 g/mol. The highest BCUT2D eigenvalue weighted by atomic mass is 16.3. The molecule has 266 valence electrons. The number of nitrogens with zero attached hydrogens (tertiary/aromatic N) is 2. The summed E-state index contributed by atoms with van der Waals surface area (Å²) in [7, 11) is 0. The monoisotopic (exact) mass is 726 g/mol. The average molecular weight is 727 g/mol. The number of aromatic nitrogens is 2. The molecule has 0 saturated heterocycles. The van der Waals surface area contributed by atoms with Gasteiger partial charge >= 0.3 is 0 Å². The zero-order valence-electron chi connectivity index (χ0n) is 30.9. The number of furan rings is 1. The van der Waals surface area contributed by atoms with Crippen molar-refractivity contribution in [1.82, 2.24) is 9.13 Å². The minimum atomic E-state index is 0.904. The van der Waals surface area contributed by atoms with E-state index < -0.39 is 0 Å². The van der Waals surface area contributed by atoms with Gasteiger partial charge in [-0.15, -0.1) is 0 Å². The standard InChI is InChI=1S/C54H34N2O/c1-2-12-35(13-3-1)41-14-4-5-15-42(41)36-22-26-39(27-23-36)55-49-19-9-6-16-43(49)46-32-37(24-29-51(46)55)38-25-30-52-47(33-38)44-17-7-10-20-50(44)56(52)40-28-31-54-48(34-40)45-18-8-11-21-53(45)57-54/h1-34H. The van der Waals surface area contributed by atoms with E-state index in [0.29, 0.717) is 0 Å². The minimum Gasteiger partial charge on any atom is -0.456 e. The Morgan fingerprint density at radius 1 is 0.263 bits per heavy atom. The van der Waals surface area contributed by atoms with E-state index in [4.69, 9.17) is 4.42 Å². The molecule has 12 aromatic rings. The Morgan fingerprint density at radius 3 is 1.37 bits per heavy atom. The largest absolute Gasteiger partial charge is 0.456 e. The van der Waals surface area contributed by atoms with Gasteiger partial charge in [-0.1, -0.05) is 133 Å². The SMILES string of the molecule is c1ccc(-c2ccccc2-c2ccc(-n3c4ccccc4c4cc(-c5ccc6c(c5)c5ccccc5n6-c5ccc6oc7ccccc7c6c5)ccc43)cc2)cc1. The van der Waals surface area contributed by atoms with E-state index in [2.05, 4.69) is 203 Å². The highest BCUT2D eigenvalue weighted by molar-refractivity contribution is 6.13. The topological polar surface area (TPSA) is 23.0 Å². The summed E-state index contributed by atoms with van der Waals surface area (Å²) in [6.07, 6.45) is 0. The lowest BCUT2D eigenvalue weighted by Gasteiger charge is -2.12. The van der Waals surface area contributed by atoms with Gasteiger partial charge in [-0.3, -0.25) is 0 Å². The third kappa shape index (κ3) is 4.92. The summed E-state index contributed by atoms with van der Waals surface area (Å²) in [6.45, 7) is 0. The van der Waals surface area contributed by atoms with Crippen LogP contribution in [0.5, 0.6) is 0 Å². The maximum Gasteiger partial charge on any atom is 0.135 e. The molecule has 0 spiro atoms. The van der Waals surface area contributed by atoms with Crippen LogP contribution in [0.25, 0.3) is 110 Å². The van der Waals surface area contributed by atoms with Crippen molar-refractivity contribution in [1.29, 1.82) is 0 Å². The van der Waals surface area contributed by atoms with Gasteiger partial charge in [0.2, 0.25) is 0 Å². The van der Waals surface area contributed by atoms with Crippen molar-refractivity contribution in [2.75, 3.05) is 0 Å². The van der Waals surface area contributed by atoms with Gasteiger partial charge in [-0.25, -0.2) is 0 Å². The number of para-hydroxylation sites is 3.